The Morgan fingerprint density at radius 1 is 1.32 bits per heavy atom. The van der Waals surface area contributed by atoms with Crippen molar-refractivity contribution in [1.82, 2.24) is 4.90 Å². The standard InChI is InChI=1S/C17H26INO3/c1-14(2,3)22-13(20)19-10-17(11-19)5-4-12(21-17)6-15-7-16(18,8-15)9-15/h12H,4-11H2,1-3H3. The Morgan fingerprint density at radius 3 is 2.50 bits per heavy atom. The topological polar surface area (TPSA) is 38.8 Å². The molecule has 22 heavy (non-hydrogen) atoms. The minimum absolute atomic E-state index is 0.0624. The minimum Gasteiger partial charge on any atom is -0.444 e. The molecule has 0 radical (unpaired) electrons. The number of ether oxygens (including phenoxy) is 2. The van der Waals surface area contributed by atoms with Crippen molar-refractivity contribution in [3.05, 3.63) is 0 Å². The molecule has 2 heterocycles. The lowest BCUT2D eigenvalue weighted by Crippen LogP contribution is -2.65. The van der Waals surface area contributed by atoms with Crippen molar-refractivity contribution < 1.29 is 14.3 Å². The zero-order valence-electron chi connectivity index (χ0n) is 13.8. The number of halogens is 1. The van der Waals surface area contributed by atoms with E-state index in [9.17, 15) is 4.79 Å². The van der Waals surface area contributed by atoms with Gasteiger partial charge in [0, 0.05) is 3.42 Å². The first-order chi connectivity index (χ1) is 10.1. The molecule has 5 aliphatic rings. The number of amides is 1. The molecular weight excluding hydrogens is 393 g/mol. The molecule has 3 aliphatic carbocycles. The van der Waals surface area contributed by atoms with E-state index in [0.717, 1.165) is 12.8 Å². The van der Waals surface area contributed by atoms with Gasteiger partial charge in [-0.3, -0.25) is 0 Å². The highest BCUT2D eigenvalue weighted by Crippen LogP contribution is 2.74. The molecule has 4 nitrogen and oxygen atoms in total. The molecule has 3 saturated carbocycles. The summed E-state index contributed by atoms with van der Waals surface area (Å²) in [6.45, 7) is 7.15. The summed E-state index contributed by atoms with van der Waals surface area (Å²) in [5, 5.41) is 0. The van der Waals surface area contributed by atoms with Gasteiger partial charge in [0.2, 0.25) is 0 Å². The number of hydrogen-bond donors (Lipinski definition) is 0. The van der Waals surface area contributed by atoms with Gasteiger partial charge in [0.05, 0.1) is 19.2 Å². The second-order valence-electron chi connectivity index (χ2n) is 9.18. The van der Waals surface area contributed by atoms with Crippen LogP contribution in [0.15, 0.2) is 0 Å². The van der Waals surface area contributed by atoms with Gasteiger partial charge in [-0.05, 0) is 64.7 Å². The predicted octanol–water partition coefficient (Wildman–Crippen LogP) is 3.90. The number of likely N-dealkylation sites (tertiary alicyclic amines) is 1. The quantitative estimate of drug-likeness (QED) is 0.504. The lowest BCUT2D eigenvalue weighted by Gasteiger charge is -2.69. The van der Waals surface area contributed by atoms with E-state index in [0.29, 0.717) is 28.0 Å². The lowest BCUT2D eigenvalue weighted by molar-refractivity contribution is -0.159. The molecule has 0 aromatic heterocycles. The third-order valence-corrected chi connectivity index (χ3v) is 6.83. The van der Waals surface area contributed by atoms with E-state index in [4.69, 9.17) is 9.47 Å². The van der Waals surface area contributed by atoms with Gasteiger partial charge in [-0.15, -0.1) is 0 Å². The molecule has 124 valence electrons. The van der Waals surface area contributed by atoms with Crippen LogP contribution < -0.4 is 0 Å². The maximum absolute atomic E-state index is 12.0. The van der Waals surface area contributed by atoms with Crippen LogP contribution >= 0.6 is 22.6 Å². The van der Waals surface area contributed by atoms with Gasteiger partial charge in [0.15, 0.2) is 0 Å². The van der Waals surface area contributed by atoms with Gasteiger partial charge in [-0.2, -0.15) is 0 Å². The largest absolute Gasteiger partial charge is 0.444 e. The van der Waals surface area contributed by atoms with Crippen LogP contribution in [-0.2, 0) is 9.47 Å². The van der Waals surface area contributed by atoms with E-state index in [1.54, 1.807) is 4.90 Å². The Kier molecular flexibility index (Phi) is 3.18. The molecule has 0 N–H and O–H groups in total. The van der Waals surface area contributed by atoms with Gasteiger partial charge >= 0.3 is 6.09 Å². The van der Waals surface area contributed by atoms with Crippen LogP contribution in [0.25, 0.3) is 0 Å². The minimum atomic E-state index is -0.418. The molecule has 0 aromatic carbocycles. The maximum Gasteiger partial charge on any atom is 0.410 e. The Hall–Kier alpha value is -0.0400. The monoisotopic (exact) mass is 419 g/mol. The number of nitrogens with zero attached hydrogens (tertiary/aromatic N) is 1. The Labute approximate surface area is 146 Å². The summed E-state index contributed by atoms with van der Waals surface area (Å²) in [5.74, 6) is 0. The normalized spacial score (nSPS) is 41.6. The van der Waals surface area contributed by atoms with Crippen LogP contribution in [-0.4, -0.2) is 44.8 Å². The smallest absolute Gasteiger partial charge is 0.410 e. The van der Waals surface area contributed by atoms with Crippen molar-refractivity contribution in [3.8, 4) is 0 Å². The van der Waals surface area contributed by atoms with Crippen molar-refractivity contribution in [2.24, 2.45) is 5.41 Å². The van der Waals surface area contributed by atoms with E-state index in [-0.39, 0.29) is 11.7 Å². The first-order valence-corrected chi connectivity index (χ1v) is 9.53. The third-order valence-electron chi connectivity index (χ3n) is 5.68. The summed E-state index contributed by atoms with van der Waals surface area (Å²) in [7, 11) is 0. The summed E-state index contributed by atoms with van der Waals surface area (Å²) in [4.78, 5) is 13.8. The van der Waals surface area contributed by atoms with Crippen LogP contribution in [0.3, 0.4) is 0 Å². The van der Waals surface area contributed by atoms with E-state index < -0.39 is 5.60 Å². The molecule has 1 unspecified atom stereocenters. The molecule has 0 aromatic rings. The number of alkyl halides is 1. The van der Waals surface area contributed by atoms with E-state index >= 15 is 0 Å². The molecule has 1 atom stereocenters. The number of carbonyl (C=O) groups excluding carboxylic acids is 1. The first kappa shape index (κ1) is 15.5. The number of hydrogen-bond acceptors (Lipinski definition) is 3. The molecular formula is C17H26INO3. The van der Waals surface area contributed by atoms with Gasteiger partial charge in [-0.25, -0.2) is 4.79 Å². The summed E-state index contributed by atoms with van der Waals surface area (Å²) in [6, 6.07) is 0. The SMILES string of the molecule is CC(C)(C)OC(=O)N1CC2(CCC(CC34CC(I)(C3)C4)O2)C1. The van der Waals surface area contributed by atoms with E-state index in [2.05, 4.69) is 22.6 Å². The van der Waals surface area contributed by atoms with Crippen LogP contribution in [0.5, 0.6) is 0 Å². The third kappa shape index (κ3) is 2.56. The zero-order valence-corrected chi connectivity index (χ0v) is 15.9. The van der Waals surface area contributed by atoms with Crippen molar-refractivity contribution in [1.29, 1.82) is 0 Å². The average Bonchev–Trinajstić information content (AvgIpc) is 2.65. The fourth-order valence-corrected chi connectivity index (χ4v) is 7.36. The summed E-state index contributed by atoms with van der Waals surface area (Å²) in [6.07, 6.45) is 7.93. The lowest BCUT2D eigenvalue weighted by atomic mass is 9.43. The van der Waals surface area contributed by atoms with Gasteiger partial charge in [-0.1, -0.05) is 22.6 Å². The summed E-state index contributed by atoms with van der Waals surface area (Å²) < 4.78 is 12.4. The van der Waals surface area contributed by atoms with Crippen molar-refractivity contribution in [2.45, 2.75) is 80.0 Å². The summed E-state index contributed by atoms with van der Waals surface area (Å²) >= 11 is 2.64. The van der Waals surface area contributed by atoms with Crippen molar-refractivity contribution >= 4 is 28.7 Å². The van der Waals surface area contributed by atoms with Crippen LogP contribution in [0.1, 0.15) is 59.3 Å². The molecule has 5 fully saturated rings. The highest BCUT2D eigenvalue weighted by molar-refractivity contribution is 14.1. The fourth-order valence-electron chi connectivity index (χ4n) is 4.94. The van der Waals surface area contributed by atoms with Crippen molar-refractivity contribution in [3.63, 3.8) is 0 Å². The van der Waals surface area contributed by atoms with Gasteiger partial charge < -0.3 is 14.4 Å². The second kappa shape index (κ2) is 4.52. The van der Waals surface area contributed by atoms with E-state index in [1.165, 1.54) is 25.7 Å². The summed E-state index contributed by atoms with van der Waals surface area (Å²) in [5.41, 5.74) is 0.136. The Balaban J connectivity index is 1.25. The van der Waals surface area contributed by atoms with Gasteiger partial charge in [0.25, 0.3) is 0 Å². The Bertz CT molecular complexity index is 487. The number of rotatable bonds is 2. The second-order valence-corrected chi connectivity index (χ2v) is 11.5. The molecule has 5 heteroatoms. The maximum atomic E-state index is 12.0. The molecule has 1 amide bonds. The highest BCUT2D eigenvalue weighted by atomic mass is 127. The first-order valence-electron chi connectivity index (χ1n) is 8.45. The van der Waals surface area contributed by atoms with E-state index in [1.807, 2.05) is 20.8 Å². The number of carbonyl (C=O) groups is 1. The Morgan fingerprint density at radius 2 is 1.95 bits per heavy atom. The van der Waals surface area contributed by atoms with Crippen LogP contribution in [0.4, 0.5) is 4.79 Å². The van der Waals surface area contributed by atoms with Crippen LogP contribution in [0, 0.1) is 5.41 Å². The molecule has 2 saturated heterocycles. The zero-order chi connectivity index (χ0) is 15.8. The fraction of sp³-hybridized carbons (Fsp3) is 0.941. The molecule has 1 spiro atoms. The van der Waals surface area contributed by atoms with Crippen molar-refractivity contribution in [2.75, 3.05) is 13.1 Å². The average molecular weight is 419 g/mol. The molecule has 5 rings (SSSR count). The predicted molar refractivity (Wildman–Crippen MR) is 92.3 cm³/mol. The molecule has 2 bridgehead atoms. The molecule has 2 aliphatic heterocycles. The van der Waals surface area contributed by atoms with Gasteiger partial charge in [0.1, 0.15) is 11.2 Å². The highest BCUT2D eigenvalue weighted by Gasteiger charge is 2.67. The van der Waals surface area contributed by atoms with Crippen LogP contribution in [0.2, 0.25) is 0 Å².